The molecule has 0 aliphatic rings. The van der Waals surface area contributed by atoms with Gasteiger partial charge in [-0.2, -0.15) is 0 Å². The number of hydrogen-bond donors (Lipinski definition) is 1. The molecule has 0 amide bonds. The Bertz CT molecular complexity index is 256. The van der Waals surface area contributed by atoms with Gasteiger partial charge in [0.1, 0.15) is 0 Å². The molecule has 0 aliphatic carbocycles. The molecule has 0 saturated heterocycles. The van der Waals surface area contributed by atoms with Gasteiger partial charge < -0.3 is 9.63 Å². The Morgan fingerprint density at radius 2 is 2.20 bits per heavy atom. The molecule has 0 heterocycles. The van der Waals surface area contributed by atoms with Crippen molar-refractivity contribution in [3.63, 3.8) is 0 Å². The van der Waals surface area contributed by atoms with Crippen LogP contribution in [0.2, 0.25) is 0 Å². The molecule has 0 radical (unpaired) electrons. The number of carbonyl (C=O) groups is 1. The summed E-state index contributed by atoms with van der Waals surface area (Å²) in [7, 11) is -3.11. The van der Waals surface area contributed by atoms with Gasteiger partial charge in [-0.3, -0.25) is 4.52 Å². The number of ether oxygens (including phenoxy) is 1. The van der Waals surface area contributed by atoms with Gasteiger partial charge in [0, 0.05) is 19.6 Å². The molecule has 8 heteroatoms. The fourth-order valence-electron chi connectivity index (χ4n) is 0.549. The number of rotatable bonds is 6. The van der Waals surface area contributed by atoms with E-state index < -0.39 is 20.1 Å². The molecule has 0 aromatic rings. The molecule has 2 atom stereocenters. The number of hydrogen-bond acceptors (Lipinski definition) is 5. The Labute approximate surface area is 110 Å². The molecule has 0 aromatic carbocycles. The zero-order valence-corrected chi connectivity index (χ0v) is 8.90. The first kappa shape index (κ1) is 17.7. The van der Waals surface area contributed by atoms with Crippen molar-refractivity contribution < 1.29 is 28.0 Å². The van der Waals surface area contributed by atoms with E-state index in [2.05, 4.69) is 20.4 Å². The first-order valence-electron chi connectivity index (χ1n) is 3.85. The van der Waals surface area contributed by atoms with Crippen LogP contribution >= 0.6 is 7.82 Å². The van der Waals surface area contributed by atoms with E-state index in [1.807, 2.05) is 0 Å². The molecule has 2 unspecified atom stereocenters. The second kappa shape index (κ2) is 8.47. The quantitative estimate of drug-likeness (QED) is 0.243. The molecular formula is C7H14NaO6P. The first-order chi connectivity index (χ1) is 6.45. The van der Waals surface area contributed by atoms with Crippen molar-refractivity contribution in [1.82, 2.24) is 0 Å². The number of phosphoric acid groups is 1. The molecule has 0 bridgehead atoms. The van der Waals surface area contributed by atoms with E-state index in [-0.39, 0.29) is 36.0 Å². The van der Waals surface area contributed by atoms with Crippen molar-refractivity contribution in [2.45, 2.75) is 19.6 Å². The third-order valence-electron chi connectivity index (χ3n) is 1.23. The van der Waals surface area contributed by atoms with Crippen LogP contribution < -0.4 is 0 Å². The molecule has 6 nitrogen and oxygen atoms in total. The summed E-state index contributed by atoms with van der Waals surface area (Å²) >= 11 is 0. The molecule has 0 aliphatic heterocycles. The van der Waals surface area contributed by atoms with E-state index in [1.165, 1.54) is 0 Å². The summed E-state index contributed by atoms with van der Waals surface area (Å²) in [6, 6.07) is 0. The van der Waals surface area contributed by atoms with E-state index in [1.54, 1.807) is 6.92 Å². The van der Waals surface area contributed by atoms with Gasteiger partial charge in [-0.25, -0.2) is 13.9 Å². The minimum absolute atomic E-state index is 0. The van der Waals surface area contributed by atoms with Gasteiger partial charge in [-0.1, -0.05) is 13.5 Å². The second-order valence-corrected chi connectivity index (χ2v) is 3.75. The normalized spacial score (nSPS) is 15.7. The molecule has 0 fully saturated rings. The summed E-state index contributed by atoms with van der Waals surface area (Å²) in [6.07, 6.45) is 0.0468. The Balaban J connectivity index is 0. The number of phosphoric ester groups is 1. The summed E-state index contributed by atoms with van der Waals surface area (Å²) in [5, 5.41) is 0. The average molecular weight is 248 g/mol. The zero-order chi connectivity index (χ0) is 11.2. The van der Waals surface area contributed by atoms with Crippen LogP contribution in [0.4, 0.5) is 0 Å². The third kappa shape index (κ3) is 8.16. The zero-order valence-electron chi connectivity index (χ0n) is 8.00. The molecule has 0 saturated carbocycles. The minimum atomic E-state index is -4.12. The van der Waals surface area contributed by atoms with Gasteiger partial charge in [0.05, 0.1) is 0 Å². The van der Waals surface area contributed by atoms with Crippen LogP contribution in [-0.4, -0.2) is 53.8 Å². The second-order valence-electron chi connectivity index (χ2n) is 2.24. The van der Waals surface area contributed by atoms with Crippen molar-refractivity contribution in [1.29, 1.82) is 0 Å². The Hall–Kier alpha value is 0.320. The van der Waals surface area contributed by atoms with Crippen LogP contribution in [0, 0.1) is 0 Å². The Kier molecular flexibility index (Phi) is 10.00. The van der Waals surface area contributed by atoms with Gasteiger partial charge >= 0.3 is 43.3 Å². The van der Waals surface area contributed by atoms with Crippen LogP contribution in [0.1, 0.15) is 13.3 Å². The van der Waals surface area contributed by atoms with E-state index in [4.69, 9.17) is 4.89 Å². The summed E-state index contributed by atoms with van der Waals surface area (Å²) in [5.74, 6) is -0.729. The summed E-state index contributed by atoms with van der Waals surface area (Å²) in [6.45, 7) is 4.79. The van der Waals surface area contributed by atoms with Crippen LogP contribution in [-0.2, 0) is 23.1 Å². The van der Waals surface area contributed by atoms with E-state index in [0.29, 0.717) is 0 Å². The molecule has 0 aromatic heterocycles. The van der Waals surface area contributed by atoms with Crippen molar-refractivity contribution in [3.8, 4) is 0 Å². The van der Waals surface area contributed by atoms with Crippen LogP contribution in [0.3, 0.4) is 0 Å². The SMILES string of the molecule is C=CC(=O)OC(CC)OP(=O)(O)OC.[NaH]. The molecule has 0 spiro atoms. The van der Waals surface area contributed by atoms with Crippen molar-refractivity contribution >= 4 is 43.3 Å². The molecular weight excluding hydrogens is 234 g/mol. The fourth-order valence-corrected chi connectivity index (χ4v) is 1.12. The maximum absolute atomic E-state index is 10.9. The Morgan fingerprint density at radius 1 is 1.67 bits per heavy atom. The van der Waals surface area contributed by atoms with Crippen LogP contribution in [0.15, 0.2) is 12.7 Å². The van der Waals surface area contributed by atoms with Crippen LogP contribution in [0.25, 0.3) is 0 Å². The molecule has 0 rings (SSSR count). The van der Waals surface area contributed by atoms with E-state index >= 15 is 0 Å². The average Bonchev–Trinajstić information content (AvgIpc) is 2.16. The van der Waals surface area contributed by atoms with Gasteiger partial charge in [-0.05, 0) is 0 Å². The van der Waals surface area contributed by atoms with Gasteiger partial charge in [0.25, 0.3) is 0 Å². The van der Waals surface area contributed by atoms with Crippen molar-refractivity contribution in [2.24, 2.45) is 0 Å². The van der Waals surface area contributed by atoms with E-state index in [0.717, 1.165) is 13.2 Å². The van der Waals surface area contributed by atoms with Crippen molar-refractivity contribution in [3.05, 3.63) is 12.7 Å². The number of esters is 1. The van der Waals surface area contributed by atoms with Gasteiger partial charge in [-0.15, -0.1) is 0 Å². The summed E-state index contributed by atoms with van der Waals surface area (Å²) in [5.41, 5.74) is 0. The maximum atomic E-state index is 10.9. The predicted molar refractivity (Wildman–Crippen MR) is 55.4 cm³/mol. The number of carbonyl (C=O) groups excluding carboxylic acids is 1. The monoisotopic (exact) mass is 248 g/mol. The topological polar surface area (TPSA) is 82.1 Å². The van der Waals surface area contributed by atoms with Crippen LogP contribution in [0.5, 0.6) is 0 Å². The van der Waals surface area contributed by atoms with E-state index in [9.17, 15) is 9.36 Å². The summed E-state index contributed by atoms with van der Waals surface area (Å²) in [4.78, 5) is 19.6. The fraction of sp³-hybridized carbons (Fsp3) is 0.571. The summed E-state index contributed by atoms with van der Waals surface area (Å²) < 4.78 is 24.2. The van der Waals surface area contributed by atoms with Gasteiger partial charge in [0.15, 0.2) is 0 Å². The van der Waals surface area contributed by atoms with Gasteiger partial charge in [0.2, 0.25) is 6.29 Å². The predicted octanol–water partition coefficient (Wildman–Crippen LogP) is 0.567. The molecule has 15 heavy (non-hydrogen) atoms. The molecule has 84 valence electrons. The molecule has 1 N–H and O–H groups in total. The van der Waals surface area contributed by atoms with Crippen molar-refractivity contribution in [2.75, 3.05) is 7.11 Å². The third-order valence-corrected chi connectivity index (χ3v) is 2.19. The first-order valence-corrected chi connectivity index (χ1v) is 5.34. The standard InChI is InChI=1S/C7H13O6P.Na.H/c1-4-6(8)12-7(5-2)13-14(9,10)11-3;;/h4,7H,1,5H2,2-3H3,(H,9,10);;. The Morgan fingerprint density at radius 3 is 2.53 bits per heavy atom.